The molecule has 27 heavy (non-hydrogen) atoms. The van der Waals surface area contributed by atoms with Gasteiger partial charge in [0, 0.05) is 37.0 Å². The van der Waals surface area contributed by atoms with Crippen LogP contribution in [0.5, 0.6) is 0 Å². The van der Waals surface area contributed by atoms with Crippen molar-refractivity contribution in [1.82, 2.24) is 34.7 Å². The van der Waals surface area contributed by atoms with Gasteiger partial charge in [-0.15, -0.1) is 5.10 Å². The Balaban J connectivity index is 1.44. The molecule has 142 valence electrons. The fourth-order valence-electron chi connectivity index (χ4n) is 3.33. The number of aromatic nitrogens is 7. The first-order valence-corrected chi connectivity index (χ1v) is 9.41. The van der Waals surface area contributed by atoms with Crippen LogP contribution in [0.15, 0.2) is 31.0 Å². The van der Waals surface area contributed by atoms with Crippen LogP contribution in [0.1, 0.15) is 50.9 Å². The monoisotopic (exact) mass is 366 g/mol. The molecule has 0 N–H and O–H groups in total. The van der Waals surface area contributed by atoms with Gasteiger partial charge in [0.25, 0.3) is 0 Å². The van der Waals surface area contributed by atoms with Crippen LogP contribution in [0, 0.1) is 6.92 Å². The second kappa shape index (κ2) is 6.75. The predicted octanol–water partition coefficient (Wildman–Crippen LogP) is 2.70. The van der Waals surface area contributed by atoms with Gasteiger partial charge in [0.1, 0.15) is 12.1 Å². The Hall–Kier alpha value is -2.77. The van der Waals surface area contributed by atoms with E-state index in [9.17, 15) is 0 Å². The minimum atomic E-state index is 0.0289. The van der Waals surface area contributed by atoms with Gasteiger partial charge < -0.3 is 4.90 Å². The van der Waals surface area contributed by atoms with Crippen LogP contribution >= 0.6 is 0 Å². The summed E-state index contributed by atoms with van der Waals surface area (Å²) in [6.45, 7) is 10.4. The Bertz CT molecular complexity index is 912. The molecule has 8 heteroatoms. The summed E-state index contributed by atoms with van der Waals surface area (Å²) in [7, 11) is 0. The van der Waals surface area contributed by atoms with Crippen molar-refractivity contribution < 1.29 is 0 Å². The summed E-state index contributed by atoms with van der Waals surface area (Å²) in [5, 5.41) is 13.1. The lowest BCUT2D eigenvalue weighted by atomic mass is 9.93. The van der Waals surface area contributed by atoms with Crippen LogP contribution in [0.25, 0.3) is 5.82 Å². The molecule has 1 fully saturated rings. The maximum absolute atomic E-state index is 4.47. The number of hydrogen-bond acceptors (Lipinski definition) is 6. The lowest BCUT2D eigenvalue weighted by Gasteiger charge is -2.32. The first kappa shape index (κ1) is 17.6. The predicted molar refractivity (Wildman–Crippen MR) is 103 cm³/mol. The Labute approximate surface area is 159 Å². The number of anilines is 1. The van der Waals surface area contributed by atoms with Crippen molar-refractivity contribution in [3.8, 4) is 5.82 Å². The van der Waals surface area contributed by atoms with Gasteiger partial charge in [-0.05, 0) is 25.3 Å². The maximum atomic E-state index is 4.47. The summed E-state index contributed by atoms with van der Waals surface area (Å²) >= 11 is 0. The topological polar surface area (TPSA) is 77.5 Å². The zero-order valence-electron chi connectivity index (χ0n) is 16.4. The second-order valence-electron chi connectivity index (χ2n) is 8.25. The van der Waals surface area contributed by atoms with E-state index < -0.39 is 0 Å². The van der Waals surface area contributed by atoms with E-state index in [4.69, 9.17) is 0 Å². The maximum Gasteiger partial charge on any atom is 0.158 e. The molecule has 0 saturated carbocycles. The Morgan fingerprint density at radius 1 is 1.04 bits per heavy atom. The summed E-state index contributed by atoms with van der Waals surface area (Å²) in [5.74, 6) is 1.74. The number of rotatable bonds is 3. The molecular weight excluding hydrogens is 340 g/mol. The third kappa shape index (κ3) is 3.70. The number of piperidine rings is 1. The zero-order chi connectivity index (χ0) is 19.0. The van der Waals surface area contributed by atoms with E-state index in [0.717, 1.165) is 48.8 Å². The fraction of sp³-hybridized carbons (Fsp3) is 0.526. The van der Waals surface area contributed by atoms with E-state index in [-0.39, 0.29) is 5.41 Å². The van der Waals surface area contributed by atoms with E-state index in [2.05, 4.69) is 57.2 Å². The Kier molecular flexibility index (Phi) is 4.41. The van der Waals surface area contributed by atoms with Crippen molar-refractivity contribution in [3.05, 3.63) is 42.2 Å². The summed E-state index contributed by atoms with van der Waals surface area (Å²) in [5.41, 5.74) is 2.18. The summed E-state index contributed by atoms with van der Waals surface area (Å²) in [6.07, 6.45) is 9.55. The van der Waals surface area contributed by atoms with Gasteiger partial charge in [-0.1, -0.05) is 26.0 Å². The van der Waals surface area contributed by atoms with Crippen LogP contribution in [0.3, 0.4) is 0 Å². The van der Waals surface area contributed by atoms with Gasteiger partial charge in [-0.25, -0.2) is 19.3 Å². The van der Waals surface area contributed by atoms with Crippen molar-refractivity contribution in [1.29, 1.82) is 0 Å². The molecule has 1 aliphatic heterocycles. The third-order valence-corrected chi connectivity index (χ3v) is 5.03. The normalized spacial score (nSPS) is 16.1. The molecule has 3 aromatic heterocycles. The summed E-state index contributed by atoms with van der Waals surface area (Å²) < 4.78 is 3.83. The minimum Gasteiger partial charge on any atom is -0.356 e. The molecule has 0 radical (unpaired) electrons. The van der Waals surface area contributed by atoms with Crippen molar-refractivity contribution in [2.24, 2.45) is 0 Å². The van der Waals surface area contributed by atoms with Gasteiger partial charge in [-0.2, -0.15) is 5.10 Å². The standard InChI is InChI=1S/C19H26N8/c1-14-10-22-27(11-14)18-9-17(20-13-21-18)25-7-5-15(6-8-25)26-12-16(23-24-26)19(2,3)4/h9-13,15H,5-8H2,1-4H3. The smallest absolute Gasteiger partial charge is 0.158 e. The first-order chi connectivity index (χ1) is 12.9. The van der Waals surface area contributed by atoms with Gasteiger partial charge in [0.2, 0.25) is 0 Å². The molecule has 8 nitrogen and oxygen atoms in total. The van der Waals surface area contributed by atoms with Crippen LogP contribution < -0.4 is 4.90 Å². The largest absolute Gasteiger partial charge is 0.356 e. The molecule has 0 atom stereocenters. The van der Waals surface area contributed by atoms with Gasteiger partial charge in [-0.3, -0.25) is 0 Å². The van der Waals surface area contributed by atoms with E-state index >= 15 is 0 Å². The molecule has 0 amide bonds. The Morgan fingerprint density at radius 3 is 2.41 bits per heavy atom. The molecule has 4 rings (SSSR count). The molecule has 4 heterocycles. The Morgan fingerprint density at radius 2 is 1.78 bits per heavy atom. The molecular formula is C19H26N8. The average Bonchev–Trinajstić information content (AvgIpc) is 3.31. The fourth-order valence-corrected chi connectivity index (χ4v) is 3.33. The highest BCUT2D eigenvalue weighted by Gasteiger charge is 2.25. The quantitative estimate of drug-likeness (QED) is 0.709. The summed E-state index contributed by atoms with van der Waals surface area (Å²) in [4.78, 5) is 11.1. The number of aryl methyl sites for hydroxylation is 1. The highest BCUT2D eigenvalue weighted by Crippen LogP contribution is 2.27. The lowest BCUT2D eigenvalue weighted by Crippen LogP contribution is -2.35. The minimum absolute atomic E-state index is 0.0289. The van der Waals surface area contributed by atoms with Crippen molar-refractivity contribution >= 4 is 5.82 Å². The molecule has 0 bridgehead atoms. The molecule has 0 aromatic carbocycles. The van der Waals surface area contributed by atoms with Crippen molar-refractivity contribution in [2.45, 2.75) is 52.0 Å². The highest BCUT2D eigenvalue weighted by molar-refractivity contribution is 5.43. The van der Waals surface area contributed by atoms with Crippen LogP contribution in [-0.4, -0.2) is 47.8 Å². The van der Waals surface area contributed by atoms with Crippen LogP contribution in [0.2, 0.25) is 0 Å². The first-order valence-electron chi connectivity index (χ1n) is 9.41. The molecule has 3 aromatic rings. The van der Waals surface area contributed by atoms with Gasteiger partial charge in [0.05, 0.1) is 17.9 Å². The molecule has 0 unspecified atom stereocenters. The SMILES string of the molecule is Cc1cnn(-c2cc(N3CCC(n4cc(C(C)(C)C)nn4)CC3)ncn2)c1. The van der Waals surface area contributed by atoms with Gasteiger partial charge in [0.15, 0.2) is 5.82 Å². The van der Waals surface area contributed by atoms with E-state index in [1.165, 1.54) is 0 Å². The highest BCUT2D eigenvalue weighted by atomic mass is 15.4. The second-order valence-corrected chi connectivity index (χ2v) is 8.25. The number of nitrogens with zero attached hydrogens (tertiary/aromatic N) is 8. The molecule has 1 aliphatic rings. The molecule has 0 spiro atoms. The van der Waals surface area contributed by atoms with E-state index in [0.29, 0.717) is 6.04 Å². The molecule has 0 aliphatic carbocycles. The molecule has 1 saturated heterocycles. The van der Waals surface area contributed by atoms with Gasteiger partial charge >= 0.3 is 0 Å². The van der Waals surface area contributed by atoms with Crippen molar-refractivity contribution in [3.63, 3.8) is 0 Å². The van der Waals surface area contributed by atoms with E-state index in [1.807, 2.05) is 30.1 Å². The number of hydrogen-bond donors (Lipinski definition) is 0. The van der Waals surface area contributed by atoms with Crippen molar-refractivity contribution in [2.75, 3.05) is 18.0 Å². The van der Waals surface area contributed by atoms with Crippen LogP contribution in [0.4, 0.5) is 5.82 Å². The zero-order valence-corrected chi connectivity index (χ0v) is 16.4. The average molecular weight is 366 g/mol. The summed E-state index contributed by atoms with van der Waals surface area (Å²) in [6, 6.07) is 2.39. The van der Waals surface area contributed by atoms with Crippen LogP contribution in [-0.2, 0) is 5.41 Å². The lowest BCUT2D eigenvalue weighted by molar-refractivity contribution is 0.359. The third-order valence-electron chi connectivity index (χ3n) is 5.03. The van der Waals surface area contributed by atoms with E-state index in [1.54, 1.807) is 11.0 Å².